The number of nitrogen functional groups attached to an aromatic ring is 1. The van der Waals surface area contributed by atoms with Gasteiger partial charge in [-0.25, -0.2) is 0 Å². The van der Waals surface area contributed by atoms with E-state index in [4.69, 9.17) is 5.73 Å². The Morgan fingerprint density at radius 1 is 1.35 bits per heavy atom. The molecule has 0 saturated heterocycles. The number of carbonyl (C=O) groups is 1. The molecule has 0 spiro atoms. The van der Waals surface area contributed by atoms with E-state index < -0.39 is 0 Å². The minimum Gasteiger partial charge on any atom is -0.397 e. The average molecular weight is 273 g/mol. The van der Waals surface area contributed by atoms with E-state index in [1.165, 1.54) is 0 Å². The van der Waals surface area contributed by atoms with Crippen molar-refractivity contribution < 1.29 is 4.79 Å². The van der Waals surface area contributed by atoms with E-state index in [0.29, 0.717) is 17.1 Å². The number of amides is 1. The van der Waals surface area contributed by atoms with Gasteiger partial charge in [0.05, 0.1) is 23.3 Å². The second kappa shape index (κ2) is 5.32. The van der Waals surface area contributed by atoms with Crippen LogP contribution in [-0.4, -0.2) is 20.7 Å². The van der Waals surface area contributed by atoms with Gasteiger partial charge in [0, 0.05) is 11.7 Å². The van der Waals surface area contributed by atoms with Crippen LogP contribution in [0.2, 0.25) is 0 Å². The maximum absolute atomic E-state index is 12.1. The molecular formula is C14H19N5O. The van der Waals surface area contributed by atoms with E-state index >= 15 is 0 Å². The highest BCUT2D eigenvalue weighted by molar-refractivity contribution is 6.03. The zero-order valence-corrected chi connectivity index (χ0v) is 12.1. The van der Waals surface area contributed by atoms with Gasteiger partial charge in [-0.15, -0.1) is 0 Å². The van der Waals surface area contributed by atoms with Crippen molar-refractivity contribution in [1.82, 2.24) is 14.8 Å². The van der Waals surface area contributed by atoms with E-state index in [1.54, 1.807) is 18.3 Å². The van der Waals surface area contributed by atoms with Gasteiger partial charge in [0.15, 0.2) is 5.69 Å². The number of aryl methyl sites for hydroxylation is 2. The maximum atomic E-state index is 12.1. The number of carbonyl (C=O) groups excluding carboxylic acids is 1. The topological polar surface area (TPSA) is 85.8 Å². The Kier molecular flexibility index (Phi) is 3.74. The molecule has 6 heteroatoms. The van der Waals surface area contributed by atoms with Crippen LogP contribution < -0.4 is 11.1 Å². The van der Waals surface area contributed by atoms with Crippen LogP contribution >= 0.6 is 0 Å². The minimum absolute atomic E-state index is 0.216. The molecule has 0 radical (unpaired) electrons. The van der Waals surface area contributed by atoms with Crippen LogP contribution in [0.25, 0.3) is 0 Å². The van der Waals surface area contributed by atoms with Gasteiger partial charge >= 0.3 is 0 Å². The summed E-state index contributed by atoms with van der Waals surface area (Å²) in [5.74, 6) is -0.266. The average Bonchev–Trinajstić information content (AvgIpc) is 2.76. The van der Waals surface area contributed by atoms with Crippen LogP contribution in [0.3, 0.4) is 0 Å². The molecule has 2 aromatic rings. The van der Waals surface area contributed by atoms with Gasteiger partial charge in [0.2, 0.25) is 0 Å². The van der Waals surface area contributed by atoms with Gasteiger partial charge in [0.25, 0.3) is 5.91 Å². The Labute approximate surface area is 118 Å². The fourth-order valence-electron chi connectivity index (χ4n) is 1.94. The molecule has 2 aromatic heterocycles. The number of hydrogen-bond donors (Lipinski definition) is 2. The number of aromatic nitrogens is 3. The number of nitrogens with two attached hydrogens (primary N) is 1. The molecule has 0 unspecified atom stereocenters. The lowest BCUT2D eigenvalue weighted by molar-refractivity contribution is 0.102. The minimum atomic E-state index is -0.266. The standard InChI is InChI=1S/C14H19N5O/c1-8(2)19-9(3)5-13(18-19)14(20)17-11-6-12(15)10(4)16-7-11/h5-8H,15H2,1-4H3,(H,17,20). The third-order valence-electron chi connectivity index (χ3n) is 3.03. The van der Waals surface area contributed by atoms with Crippen LogP contribution in [0.15, 0.2) is 18.3 Å². The predicted octanol–water partition coefficient (Wildman–Crippen LogP) is 2.31. The Morgan fingerprint density at radius 2 is 2.05 bits per heavy atom. The molecule has 0 atom stereocenters. The highest BCUT2D eigenvalue weighted by Gasteiger charge is 2.14. The molecule has 3 N–H and O–H groups in total. The summed E-state index contributed by atoms with van der Waals surface area (Å²) in [5, 5.41) is 7.05. The molecule has 2 rings (SSSR count). The molecule has 20 heavy (non-hydrogen) atoms. The fourth-order valence-corrected chi connectivity index (χ4v) is 1.94. The summed E-state index contributed by atoms with van der Waals surface area (Å²) in [4.78, 5) is 16.3. The van der Waals surface area contributed by atoms with Gasteiger partial charge in [-0.1, -0.05) is 0 Å². The third-order valence-corrected chi connectivity index (χ3v) is 3.03. The molecule has 0 aliphatic heterocycles. The molecule has 106 valence electrons. The lowest BCUT2D eigenvalue weighted by Crippen LogP contribution is -2.14. The molecule has 0 aromatic carbocycles. The van der Waals surface area contributed by atoms with Crippen molar-refractivity contribution in [2.75, 3.05) is 11.1 Å². The van der Waals surface area contributed by atoms with Crippen LogP contribution in [-0.2, 0) is 0 Å². The summed E-state index contributed by atoms with van der Waals surface area (Å²) in [6.07, 6.45) is 1.58. The van der Waals surface area contributed by atoms with Crippen molar-refractivity contribution in [2.24, 2.45) is 0 Å². The van der Waals surface area contributed by atoms with Crippen molar-refractivity contribution in [2.45, 2.75) is 33.7 Å². The van der Waals surface area contributed by atoms with Gasteiger partial charge in [-0.2, -0.15) is 5.10 Å². The number of hydrogen-bond acceptors (Lipinski definition) is 4. The van der Waals surface area contributed by atoms with Crippen molar-refractivity contribution in [1.29, 1.82) is 0 Å². The van der Waals surface area contributed by atoms with E-state index in [0.717, 1.165) is 11.4 Å². The molecule has 0 aliphatic carbocycles. The van der Waals surface area contributed by atoms with Gasteiger partial charge in [-0.3, -0.25) is 14.5 Å². The number of nitrogens with zero attached hydrogens (tertiary/aromatic N) is 3. The Balaban J connectivity index is 2.19. The lowest BCUT2D eigenvalue weighted by atomic mass is 10.3. The normalized spacial score (nSPS) is 10.8. The molecule has 2 heterocycles. The van der Waals surface area contributed by atoms with Crippen LogP contribution in [0.1, 0.15) is 41.8 Å². The largest absolute Gasteiger partial charge is 0.397 e. The van der Waals surface area contributed by atoms with E-state index in [1.807, 2.05) is 32.4 Å². The first kappa shape index (κ1) is 14.0. The first-order valence-corrected chi connectivity index (χ1v) is 6.48. The number of rotatable bonds is 3. The van der Waals surface area contributed by atoms with Gasteiger partial charge in [0.1, 0.15) is 0 Å². The molecule has 6 nitrogen and oxygen atoms in total. The van der Waals surface area contributed by atoms with Gasteiger partial charge in [-0.05, 0) is 39.8 Å². The number of anilines is 2. The van der Waals surface area contributed by atoms with E-state index in [2.05, 4.69) is 15.4 Å². The smallest absolute Gasteiger partial charge is 0.276 e. The zero-order chi connectivity index (χ0) is 14.9. The fraction of sp³-hybridized carbons (Fsp3) is 0.357. The zero-order valence-electron chi connectivity index (χ0n) is 12.1. The second-order valence-corrected chi connectivity index (χ2v) is 5.06. The Bertz CT molecular complexity index is 645. The van der Waals surface area contributed by atoms with Crippen molar-refractivity contribution >= 4 is 17.3 Å². The Hall–Kier alpha value is -2.37. The van der Waals surface area contributed by atoms with E-state index in [9.17, 15) is 4.79 Å². The van der Waals surface area contributed by atoms with Crippen molar-refractivity contribution in [3.63, 3.8) is 0 Å². The molecule has 0 aliphatic rings. The monoisotopic (exact) mass is 273 g/mol. The molecule has 0 bridgehead atoms. The first-order chi connectivity index (χ1) is 9.38. The summed E-state index contributed by atoms with van der Waals surface area (Å²) < 4.78 is 1.82. The maximum Gasteiger partial charge on any atom is 0.276 e. The number of nitrogens with one attached hydrogen (secondary N) is 1. The highest BCUT2D eigenvalue weighted by atomic mass is 16.1. The highest BCUT2D eigenvalue weighted by Crippen LogP contribution is 2.16. The van der Waals surface area contributed by atoms with Crippen LogP contribution in [0.5, 0.6) is 0 Å². The molecule has 1 amide bonds. The summed E-state index contributed by atoms with van der Waals surface area (Å²) in [7, 11) is 0. The summed E-state index contributed by atoms with van der Waals surface area (Å²) >= 11 is 0. The SMILES string of the molecule is Cc1ncc(NC(=O)c2cc(C)n(C(C)C)n2)cc1N. The Morgan fingerprint density at radius 3 is 2.60 bits per heavy atom. The van der Waals surface area contributed by atoms with E-state index in [-0.39, 0.29) is 11.9 Å². The lowest BCUT2D eigenvalue weighted by Gasteiger charge is -2.07. The van der Waals surface area contributed by atoms with Crippen molar-refractivity contribution in [3.8, 4) is 0 Å². The predicted molar refractivity (Wildman–Crippen MR) is 78.7 cm³/mol. The molecular weight excluding hydrogens is 254 g/mol. The summed E-state index contributed by atoms with van der Waals surface area (Å²) in [6, 6.07) is 3.67. The summed E-state index contributed by atoms with van der Waals surface area (Å²) in [6.45, 7) is 7.78. The quantitative estimate of drug-likeness (QED) is 0.898. The molecule has 0 saturated carbocycles. The second-order valence-electron chi connectivity index (χ2n) is 5.06. The molecule has 0 fully saturated rings. The van der Waals surface area contributed by atoms with Crippen LogP contribution in [0.4, 0.5) is 11.4 Å². The third kappa shape index (κ3) is 2.79. The first-order valence-electron chi connectivity index (χ1n) is 6.48. The van der Waals surface area contributed by atoms with Crippen molar-refractivity contribution in [3.05, 3.63) is 35.4 Å². The van der Waals surface area contributed by atoms with Gasteiger partial charge < -0.3 is 11.1 Å². The van der Waals surface area contributed by atoms with Crippen LogP contribution in [0, 0.1) is 13.8 Å². The summed E-state index contributed by atoms with van der Waals surface area (Å²) in [5.41, 5.74) is 8.96. The number of pyridine rings is 1.